The second kappa shape index (κ2) is 8.80. The van der Waals surface area contributed by atoms with Gasteiger partial charge < -0.3 is 19.1 Å². The van der Waals surface area contributed by atoms with Crippen molar-refractivity contribution in [2.24, 2.45) is 0 Å². The maximum Gasteiger partial charge on any atom is 0.408 e. The minimum absolute atomic E-state index is 0.110. The minimum Gasteiger partial charge on any atom is -0.450 e. The SMILES string of the molecule is CCOC(=O)N[C@@H](C(Cl)(Cl)Cl)P(=O)(OC(C)C)OC(C)C. The molecule has 0 fully saturated rings. The van der Waals surface area contributed by atoms with Crippen molar-refractivity contribution in [1.82, 2.24) is 5.32 Å². The van der Waals surface area contributed by atoms with Crippen LogP contribution >= 0.6 is 42.4 Å². The smallest absolute Gasteiger partial charge is 0.408 e. The molecule has 0 aromatic rings. The van der Waals surface area contributed by atoms with Crippen LogP contribution < -0.4 is 5.32 Å². The number of carbonyl (C=O) groups is 1. The number of nitrogens with one attached hydrogen (secondary N) is 1. The van der Waals surface area contributed by atoms with Gasteiger partial charge in [-0.15, -0.1) is 0 Å². The van der Waals surface area contributed by atoms with Crippen LogP contribution in [0.2, 0.25) is 0 Å². The highest BCUT2D eigenvalue weighted by Gasteiger charge is 2.51. The topological polar surface area (TPSA) is 73.9 Å². The van der Waals surface area contributed by atoms with Crippen LogP contribution in [-0.2, 0) is 18.3 Å². The fourth-order valence-electron chi connectivity index (χ4n) is 1.36. The van der Waals surface area contributed by atoms with E-state index >= 15 is 0 Å². The van der Waals surface area contributed by atoms with Crippen molar-refractivity contribution < 1.29 is 23.1 Å². The van der Waals surface area contributed by atoms with E-state index < -0.39 is 35.5 Å². The van der Waals surface area contributed by atoms with Crippen molar-refractivity contribution >= 4 is 48.5 Å². The molecule has 0 bridgehead atoms. The Kier molecular flexibility index (Phi) is 8.92. The van der Waals surface area contributed by atoms with Crippen molar-refractivity contribution in [3.05, 3.63) is 0 Å². The molecule has 0 heterocycles. The normalized spacial score (nSPS) is 14.4. The lowest BCUT2D eigenvalue weighted by Gasteiger charge is -2.33. The Morgan fingerprint density at radius 2 is 1.57 bits per heavy atom. The van der Waals surface area contributed by atoms with Gasteiger partial charge >= 0.3 is 13.7 Å². The number of halogens is 3. The third kappa shape index (κ3) is 7.91. The molecular weight excluding hydrogens is 363 g/mol. The van der Waals surface area contributed by atoms with Gasteiger partial charge in [-0.05, 0) is 34.6 Å². The van der Waals surface area contributed by atoms with E-state index in [1.165, 1.54) is 0 Å². The highest BCUT2D eigenvalue weighted by Crippen LogP contribution is 2.60. The van der Waals surface area contributed by atoms with Gasteiger partial charge in [0, 0.05) is 0 Å². The first-order valence-electron chi connectivity index (χ1n) is 6.39. The Bertz CT molecular complexity index is 373. The maximum atomic E-state index is 13.0. The van der Waals surface area contributed by atoms with Crippen LogP contribution in [0.1, 0.15) is 34.6 Å². The molecule has 0 aliphatic carbocycles. The van der Waals surface area contributed by atoms with Crippen LogP contribution in [0.4, 0.5) is 4.79 Å². The first kappa shape index (κ1) is 21.3. The van der Waals surface area contributed by atoms with Gasteiger partial charge in [-0.25, -0.2) is 4.79 Å². The highest BCUT2D eigenvalue weighted by atomic mass is 35.6. The van der Waals surface area contributed by atoms with Gasteiger partial charge in [-0.1, -0.05) is 34.8 Å². The summed E-state index contributed by atoms with van der Waals surface area (Å²) >= 11 is 17.5. The summed E-state index contributed by atoms with van der Waals surface area (Å²) in [4.78, 5) is 11.6. The lowest BCUT2D eigenvalue weighted by atomic mass is 10.5. The Morgan fingerprint density at radius 1 is 1.14 bits per heavy atom. The summed E-state index contributed by atoms with van der Waals surface area (Å²) in [6.45, 7) is 8.32. The summed E-state index contributed by atoms with van der Waals surface area (Å²) in [6.07, 6.45) is -1.81. The molecule has 0 aromatic heterocycles. The zero-order valence-electron chi connectivity index (χ0n) is 12.6. The Balaban J connectivity index is 5.48. The van der Waals surface area contributed by atoms with Crippen LogP contribution in [0.15, 0.2) is 0 Å². The first-order valence-corrected chi connectivity index (χ1v) is 9.13. The molecule has 21 heavy (non-hydrogen) atoms. The molecule has 0 radical (unpaired) electrons. The lowest BCUT2D eigenvalue weighted by Crippen LogP contribution is -2.45. The standard InChI is InChI=1S/C11H21Cl3NO5P/c1-6-18-10(16)15-9(11(12,13)14)21(17,19-7(2)3)20-8(4)5/h7-9H,6H2,1-5H3,(H,15,16)/t9-/m1/s1. The van der Waals surface area contributed by atoms with Gasteiger partial charge in [-0.3, -0.25) is 4.57 Å². The monoisotopic (exact) mass is 383 g/mol. The maximum absolute atomic E-state index is 13.0. The number of rotatable bonds is 7. The van der Waals surface area contributed by atoms with E-state index in [1.54, 1.807) is 34.6 Å². The van der Waals surface area contributed by atoms with Crippen molar-refractivity contribution in [3.8, 4) is 0 Å². The molecule has 0 aliphatic heterocycles. The van der Waals surface area contributed by atoms with E-state index in [9.17, 15) is 9.36 Å². The van der Waals surface area contributed by atoms with Gasteiger partial charge in [0.25, 0.3) is 0 Å². The average Bonchev–Trinajstić information content (AvgIpc) is 2.22. The van der Waals surface area contributed by atoms with Crippen LogP contribution in [0.25, 0.3) is 0 Å². The quantitative estimate of drug-likeness (QED) is 0.518. The van der Waals surface area contributed by atoms with E-state index in [-0.39, 0.29) is 6.61 Å². The van der Waals surface area contributed by atoms with E-state index in [1.807, 2.05) is 0 Å². The molecule has 1 amide bonds. The zero-order chi connectivity index (χ0) is 16.8. The summed E-state index contributed by atoms with van der Waals surface area (Å²) in [7, 11) is -3.95. The Labute approximate surface area is 140 Å². The number of amides is 1. The van der Waals surface area contributed by atoms with Gasteiger partial charge in [-0.2, -0.15) is 0 Å². The molecular formula is C11H21Cl3NO5P. The minimum atomic E-state index is -3.95. The fraction of sp³-hybridized carbons (Fsp3) is 0.909. The third-order valence-electron chi connectivity index (χ3n) is 1.87. The molecule has 126 valence electrons. The summed E-state index contributed by atoms with van der Waals surface area (Å²) in [5.41, 5.74) is 0. The first-order chi connectivity index (χ1) is 9.42. The fourth-order valence-corrected chi connectivity index (χ4v) is 4.69. The summed E-state index contributed by atoms with van der Waals surface area (Å²) < 4.78 is 26.2. The largest absolute Gasteiger partial charge is 0.450 e. The molecule has 0 rings (SSSR count). The predicted octanol–water partition coefficient (Wildman–Crippen LogP) is 4.47. The highest BCUT2D eigenvalue weighted by molar-refractivity contribution is 7.55. The van der Waals surface area contributed by atoms with Gasteiger partial charge in [0.05, 0.1) is 18.8 Å². The number of carbonyl (C=O) groups excluding carboxylic acids is 1. The Hall–Kier alpha value is 0.290. The molecule has 0 aliphatic rings. The molecule has 6 nitrogen and oxygen atoms in total. The predicted molar refractivity (Wildman–Crippen MR) is 84.3 cm³/mol. The molecule has 1 atom stereocenters. The van der Waals surface area contributed by atoms with Gasteiger partial charge in [0.2, 0.25) is 3.79 Å². The number of hydrogen-bond acceptors (Lipinski definition) is 5. The average molecular weight is 385 g/mol. The van der Waals surface area contributed by atoms with Gasteiger partial charge in [0.15, 0.2) is 5.78 Å². The summed E-state index contributed by atoms with van der Waals surface area (Å²) in [5, 5.41) is 2.24. The van der Waals surface area contributed by atoms with Crippen molar-refractivity contribution in [2.75, 3.05) is 6.61 Å². The third-order valence-corrected chi connectivity index (χ3v) is 5.56. The molecule has 1 N–H and O–H groups in total. The van der Waals surface area contributed by atoms with Crippen LogP contribution in [0.5, 0.6) is 0 Å². The van der Waals surface area contributed by atoms with Crippen LogP contribution in [-0.4, -0.2) is 34.5 Å². The van der Waals surface area contributed by atoms with Gasteiger partial charge in [0.1, 0.15) is 0 Å². The van der Waals surface area contributed by atoms with Crippen LogP contribution in [0, 0.1) is 0 Å². The molecule has 10 heteroatoms. The molecule has 0 unspecified atom stereocenters. The van der Waals surface area contributed by atoms with Crippen molar-refractivity contribution in [3.63, 3.8) is 0 Å². The number of alkyl halides is 3. The summed E-state index contributed by atoms with van der Waals surface area (Å²) in [5.74, 6) is -1.50. The molecule has 0 aromatic carbocycles. The number of ether oxygens (including phenoxy) is 1. The zero-order valence-corrected chi connectivity index (χ0v) is 15.7. The number of alkyl carbamates (subject to hydrolysis) is 1. The molecule has 0 saturated heterocycles. The van der Waals surface area contributed by atoms with E-state index in [0.717, 1.165) is 0 Å². The summed E-state index contributed by atoms with van der Waals surface area (Å²) in [6, 6.07) is 0. The van der Waals surface area contributed by atoms with Crippen LogP contribution in [0.3, 0.4) is 0 Å². The second-order valence-electron chi connectivity index (χ2n) is 4.66. The number of hydrogen-bond donors (Lipinski definition) is 1. The van der Waals surface area contributed by atoms with E-state index in [2.05, 4.69) is 5.32 Å². The molecule has 0 spiro atoms. The molecule has 0 saturated carbocycles. The van der Waals surface area contributed by atoms with E-state index in [0.29, 0.717) is 0 Å². The van der Waals surface area contributed by atoms with Crippen molar-refractivity contribution in [2.45, 2.75) is 56.4 Å². The van der Waals surface area contributed by atoms with E-state index in [4.69, 9.17) is 48.6 Å². The van der Waals surface area contributed by atoms with Crippen molar-refractivity contribution in [1.29, 1.82) is 0 Å². The Morgan fingerprint density at radius 3 is 1.86 bits per heavy atom. The lowest BCUT2D eigenvalue weighted by molar-refractivity contribution is 0.125. The second-order valence-corrected chi connectivity index (χ2v) is 9.04.